The lowest BCUT2D eigenvalue weighted by molar-refractivity contribution is -0.0632. The second kappa shape index (κ2) is 5.94. The maximum Gasteiger partial charge on any atom is 0.0645 e. The topological polar surface area (TPSA) is 38.5 Å². The molecule has 1 saturated heterocycles. The molecule has 2 aliphatic rings. The Morgan fingerprint density at radius 3 is 2.55 bits per heavy atom. The smallest absolute Gasteiger partial charge is 0.0645 e. The highest BCUT2D eigenvalue weighted by molar-refractivity contribution is 4.92. The van der Waals surface area contributed by atoms with Crippen molar-refractivity contribution in [2.45, 2.75) is 65.5 Å². The van der Waals surface area contributed by atoms with E-state index in [-0.39, 0.29) is 5.54 Å². The maximum atomic E-state index is 6.43. The summed E-state index contributed by atoms with van der Waals surface area (Å²) in [5.74, 6) is 1.46. The van der Waals surface area contributed by atoms with Crippen molar-refractivity contribution in [2.75, 3.05) is 26.3 Å². The summed E-state index contributed by atoms with van der Waals surface area (Å²) in [6.45, 7) is 15.6. The number of hydrogen-bond donors (Lipinski definition) is 1. The molecule has 0 amide bonds. The van der Waals surface area contributed by atoms with Crippen molar-refractivity contribution in [3.8, 4) is 0 Å². The van der Waals surface area contributed by atoms with Crippen LogP contribution in [0.15, 0.2) is 0 Å². The van der Waals surface area contributed by atoms with E-state index in [0.717, 1.165) is 32.2 Å². The fourth-order valence-electron chi connectivity index (χ4n) is 3.80. The van der Waals surface area contributed by atoms with Crippen LogP contribution in [0.25, 0.3) is 0 Å². The van der Waals surface area contributed by atoms with E-state index in [0.29, 0.717) is 17.4 Å². The minimum atomic E-state index is 0.159. The van der Waals surface area contributed by atoms with Crippen molar-refractivity contribution >= 4 is 0 Å². The van der Waals surface area contributed by atoms with Crippen molar-refractivity contribution in [1.29, 1.82) is 0 Å². The standard InChI is InChI=1S/C17H34N2O/c1-16(2,3)14-6-7-15(18)13(10-14)11-19-8-9-20-12-17(19,4)5/h13-15H,6-12,18H2,1-5H3. The summed E-state index contributed by atoms with van der Waals surface area (Å²) >= 11 is 0. The Morgan fingerprint density at radius 1 is 1.25 bits per heavy atom. The first kappa shape index (κ1) is 16.3. The minimum Gasteiger partial charge on any atom is -0.378 e. The molecular weight excluding hydrogens is 248 g/mol. The van der Waals surface area contributed by atoms with Gasteiger partial charge in [0.15, 0.2) is 0 Å². The van der Waals surface area contributed by atoms with E-state index in [1.54, 1.807) is 0 Å². The molecule has 1 saturated carbocycles. The van der Waals surface area contributed by atoms with Gasteiger partial charge < -0.3 is 10.5 Å². The Hall–Kier alpha value is -0.120. The molecule has 118 valence electrons. The van der Waals surface area contributed by atoms with E-state index >= 15 is 0 Å². The fraction of sp³-hybridized carbons (Fsp3) is 1.00. The SMILES string of the molecule is CC(C)(C)C1CCC(N)C(CN2CCOCC2(C)C)C1. The summed E-state index contributed by atoms with van der Waals surface area (Å²) in [7, 11) is 0. The zero-order chi connectivity index (χ0) is 15.0. The summed E-state index contributed by atoms with van der Waals surface area (Å²) in [6.07, 6.45) is 3.78. The van der Waals surface area contributed by atoms with E-state index in [1.165, 1.54) is 19.3 Å². The highest BCUT2D eigenvalue weighted by Gasteiger charge is 2.38. The van der Waals surface area contributed by atoms with Gasteiger partial charge in [0.2, 0.25) is 0 Å². The zero-order valence-electron chi connectivity index (χ0n) is 14.1. The van der Waals surface area contributed by atoms with E-state index < -0.39 is 0 Å². The van der Waals surface area contributed by atoms with Gasteiger partial charge in [-0.15, -0.1) is 0 Å². The van der Waals surface area contributed by atoms with Gasteiger partial charge in [-0.1, -0.05) is 20.8 Å². The van der Waals surface area contributed by atoms with E-state index in [4.69, 9.17) is 10.5 Å². The Bertz CT molecular complexity index is 321. The van der Waals surface area contributed by atoms with Gasteiger partial charge in [0.25, 0.3) is 0 Å². The fourth-order valence-corrected chi connectivity index (χ4v) is 3.80. The molecule has 3 nitrogen and oxygen atoms in total. The molecule has 1 aliphatic heterocycles. The van der Waals surface area contributed by atoms with Crippen molar-refractivity contribution in [2.24, 2.45) is 23.0 Å². The summed E-state index contributed by atoms with van der Waals surface area (Å²) < 4.78 is 5.63. The second-order valence-corrected chi connectivity index (χ2v) is 8.61. The number of hydrogen-bond acceptors (Lipinski definition) is 3. The third-order valence-electron chi connectivity index (χ3n) is 5.54. The molecule has 20 heavy (non-hydrogen) atoms. The van der Waals surface area contributed by atoms with Crippen molar-refractivity contribution in [1.82, 2.24) is 4.90 Å². The van der Waals surface area contributed by atoms with Crippen LogP contribution in [-0.2, 0) is 4.74 Å². The molecule has 1 heterocycles. The van der Waals surface area contributed by atoms with Crippen LogP contribution in [0, 0.1) is 17.3 Å². The summed E-state index contributed by atoms with van der Waals surface area (Å²) in [6, 6.07) is 0.382. The van der Waals surface area contributed by atoms with Gasteiger partial charge in [0, 0.05) is 24.7 Å². The van der Waals surface area contributed by atoms with Crippen LogP contribution >= 0.6 is 0 Å². The van der Waals surface area contributed by atoms with Crippen molar-refractivity contribution < 1.29 is 4.74 Å². The van der Waals surface area contributed by atoms with Crippen LogP contribution in [0.4, 0.5) is 0 Å². The van der Waals surface area contributed by atoms with Crippen LogP contribution in [0.2, 0.25) is 0 Å². The average Bonchev–Trinajstić information content (AvgIpc) is 2.32. The highest BCUT2D eigenvalue weighted by atomic mass is 16.5. The van der Waals surface area contributed by atoms with Crippen LogP contribution < -0.4 is 5.73 Å². The first-order valence-electron chi connectivity index (χ1n) is 8.28. The lowest BCUT2D eigenvalue weighted by Crippen LogP contribution is -2.56. The van der Waals surface area contributed by atoms with Crippen LogP contribution in [-0.4, -0.2) is 42.8 Å². The van der Waals surface area contributed by atoms with Gasteiger partial charge >= 0.3 is 0 Å². The summed E-state index contributed by atoms with van der Waals surface area (Å²) in [5, 5.41) is 0. The molecule has 3 atom stereocenters. The average molecular weight is 282 g/mol. The van der Waals surface area contributed by atoms with Gasteiger partial charge in [-0.2, -0.15) is 0 Å². The molecule has 2 N–H and O–H groups in total. The predicted molar refractivity (Wildman–Crippen MR) is 84.7 cm³/mol. The van der Waals surface area contributed by atoms with Crippen molar-refractivity contribution in [3.05, 3.63) is 0 Å². The first-order chi connectivity index (χ1) is 9.20. The maximum absolute atomic E-state index is 6.43. The lowest BCUT2D eigenvalue weighted by Gasteiger charge is -2.47. The third-order valence-corrected chi connectivity index (χ3v) is 5.54. The summed E-state index contributed by atoms with van der Waals surface area (Å²) in [5.41, 5.74) is 7.01. The van der Waals surface area contributed by atoms with E-state index in [2.05, 4.69) is 39.5 Å². The largest absolute Gasteiger partial charge is 0.378 e. The Morgan fingerprint density at radius 2 is 1.95 bits per heavy atom. The van der Waals surface area contributed by atoms with Crippen molar-refractivity contribution in [3.63, 3.8) is 0 Å². The van der Waals surface area contributed by atoms with Gasteiger partial charge in [-0.05, 0) is 50.4 Å². The van der Waals surface area contributed by atoms with Gasteiger partial charge in [-0.3, -0.25) is 4.90 Å². The van der Waals surface area contributed by atoms with E-state index in [1.807, 2.05) is 0 Å². The number of nitrogens with zero attached hydrogens (tertiary/aromatic N) is 1. The number of rotatable bonds is 2. The van der Waals surface area contributed by atoms with Gasteiger partial charge in [0.05, 0.1) is 13.2 Å². The molecule has 0 radical (unpaired) electrons. The quantitative estimate of drug-likeness (QED) is 0.846. The van der Waals surface area contributed by atoms with Crippen LogP contribution in [0.1, 0.15) is 53.9 Å². The number of nitrogens with two attached hydrogens (primary N) is 1. The monoisotopic (exact) mass is 282 g/mol. The summed E-state index contributed by atoms with van der Waals surface area (Å²) in [4.78, 5) is 2.60. The second-order valence-electron chi connectivity index (χ2n) is 8.61. The van der Waals surface area contributed by atoms with Gasteiger partial charge in [0.1, 0.15) is 0 Å². The molecule has 0 spiro atoms. The number of ether oxygens (including phenoxy) is 1. The Kier molecular flexibility index (Phi) is 4.83. The molecular formula is C17H34N2O. The Labute approximate surface area is 125 Å². The molecule has 0 aromatic heterocycles. The molecule has 1 aliphatic carbocycles. The highest BCUT2D eigenvalue weighted by Crippen LogP contribution is 2.40. The molecule has 0 aromatic rings. The van der Waals surface area contributed by atoms with E-state index in [9.17, 15) is 0 Å². The molecule has 2 rings (SSSR count). The predicted octanol–water partition coefficient (Wildman–Crippen LogP) is 2.89. The molecule has 3 heteroatoms. The molecule has 2 fully saturated rings. The lowest BCUT2D eigenvalue weighted by atomic mass is 9.67. The molecule has 3 unspecified atom stereocenters. The molecule has 0 bridgehead atoms. The minimum absolute atomic E-state index is 0.159. The first-order valence-corrected chi connectivity index (χ1v) is 8.28. The van der Waals surface area contributed by atoms with Crippen LogP contribution in [0.3, 0.4) is 0 Å². The van der Waals surface area contributed by atoms with Crippen LogP contribution in [0.5, 0.6) is 0 Å². The Balaban J connectivity index is 1.99. The zero-order valence-corrected chi connectivity index (χ0v) is 14.1. The molecule has 0 aromatic carbocycles. The third kappa shape index (κ3) is 3.75. The normalized spacial score (nSPS) is 36.0. The van der Waals surface area contributed by atoms with Gasteiger partial charge in [-0.25, -0.2) is 0 Å². The number of morpholine rings is 1.